The number of benzene rings is 1. The fourth-order valence-corrected chi connectivity index (χ4v) is 5.59. The number of phenols is 1. The molecule has 2 aliphatic heterocycles. The number of rotatable bonds is 1. The van der Waals surface area contributed by atoms with E-state index in [1.807, 2.05) is 0 Å². The molecule has 1 aromatic rings. The van der Waals surface area contributed by atoms with Gasteiger partial charge in [0.15, 0.2) is 9.84 Å². The number of piperazine rings is 1. The minimum Gasteiger partial charge on any atom is -0.508 e. The fraction of sp³-hybridized carbons (Fsp3) is 0.500. The summed E-state index contributed by atoms with van der Waals surface area (Å²) in [5.41, 5.74) is 0.822. The lowest BCUT2D eigenvalue weighted by Gasteiger charge is -2.43. The SMILES string of the molecule is CC(=O)N1CCN(C(=O)c2cccc(O)c2C)[C@@H]2CS(=O)(=O)C[C@@H]21. The molecule has 2 aliphatic rings. The van der Waals surface area contributed by atoms with Gasteiger partial charge in [-0.3, -0.25) is 9.59 Å². The highest BCUT2D eigenvalue weighted by Crippen LogP contribution is 2.30. The number of sulfone groups is 1. The zero-order valence-corrected chi connectivity index (χ0v) is 14.4. The van der Waals surface area contributed by atoms with E-state index in [9.17, 15) is 23.1 Å². The van der Waals surface area contributed by atoms with Crippen LogP contribution in [0.4, 0.5) is 0 Å². The Morgan fingerprint density at radius 3 is 2.33 bits per heavy atom. The van der Waals surface area contributed by atoms with Crippen LogP contribution in [0, 0.1) is 6.92 Å². The van der Waals surface area contributed by atoms with Gasteiger partial charge in [0, 0.05) is 31.1 Å². The monoisotopic (exact) mass is 352 g/mol. The molecule has 0 saturated carbocycles. The number of hydrogen-bond donors (Lipinski definition) is 1. The largest absolute Gasteiger partial charge is 0.508 e. The lowest BCUT2D eigenvalue weighted by atomic mass is 10.0. The van der Waals surface area contributed by atoms with Crippen molar-refractivity contribution in [2.75, 3.05) is 24.6 Å². The zero-order valence-electron chi connectivity index (χ0n) is 13.6. The van der Waals surface area contributed by atoms with E-state index in [0.29, 0.717) is 17.7 Å². The van der Waals surface area contributed by atoms with Crippen molar-refractivity contribution in [1.29, 1.82) is 0 Å². The summed E-state index contributed by atoms with van der Waals surface area (Å²) < 4.78 is 24.1. The fourth-order valence-electron chi connectivity index (χ4n) is 3.61. The molecule has 3 rings (SSSR count). The Hall–Kier alpha value is -2.09. The Labute approximate surface area is 140 Å². The average Bonchev–Trinajstić information content (AvgIpc) is 2.82. The van der Waals surface area contributed by atoms with Gasteiger partial charge in [-0.05, 0) is 19.1 Å². The standard InChI is InChI=1S/C16H20N2O5S/c1-10-12(4-3-5-15(10)20)16(21)18-7-6-17(11(2)19)13-8-24(22,23)9-14(13)18/h3-5,13-14,20H,6-9H2,1-2H3/t13-,14+/m0/s1. The van der Waals surface area contributed by atoms with Crippen LogP contribution in [0.15, 0.2) is 18.2 Å². The average molecular weight is 352 g/mol. The lowest BCUT2D eigenvalue weighted by molar-refractivity contribution is -0.133. The Balaban J connectivity index is 1.96. The summed E-state index contributed by atoms with van der Waals surface area (Å²) in [7, 11) is -3.30. The molecule has 0 spiro atoms. The van der Waals surface area contributed by atoms with Crippen molar-refractivity contribution >= 4 is 21.7 Å². The number of aromatic hydroxyl groups is 1. The molecule has 0 aromatic heterocycles. The topological polar surface area (TPSA) is 95.0 Å². The van der Waals surface area contributed by atoms with Crippen LogP contribution in [0.5, 0.6) is 5.75 Å². The second-order valence-electron chi connectivity index (χ2n) is 6.37. The zero-order chi connectivity index (χ0) is 17.6. The van der Waals surface area contributed by atoms with Crippen LogP contribution < -0.4 is 0 Å². The van der Waals surface area contributed by atoms with Crippen molar-refractivity contribution in [1.82, 2.24) is 9.80 Å². The van der Waals surface area contributed by atoms with Gasteiger partial charge in [-0.2, -0.15) is 0 Å². The number of amides is 2. The van der Waals surface area contributed by atoms with Crippen LogP contribution in [0.25, 0.3) is 0 Å². The van der Waals surface area contributed by atoms with E-state index < -0.39 is 21.9 Å². The molecule has 24 heavy (non-hydrogen) atoms. The molecule has 7 nitrogen and oxygen atoms in total. The maximum atomic E-state index is 12.9. The highest BCUT2D eigenvalue weighted by molar-refractivity contribution is 7.91. The van der Waals surface area contributed by atoms with Gasteiger partial charge in [-0.15, -0.1) is 0 Å². The van der Waals surface area contributed by atoms with Crippen molar-refractivity contribution in [2.45, 2.75) is 25.9 Å². The summed E-state index contributed by atoms with van der Waals surface area (Å²) in [5, 5.41) is 9.81. The molecular formula is C16H20N2O5S. The lowest BCUT2D eigenvalue weighted by Crippen LogP contribution is -2.61. The second-order valence-corrected chi connectivity index (χ2v) is 8.53. The maximum absolute atomic E-state index is 12.9. The molecular weight excluding hydrogens is 332 g/mol. The molecule has 8 heteroatoms. The summed E-state index contributed by atoms with van der Waals surface area (Å²) in [5.74, 6) is -0.703. The molecule has 2 fully saturated rings. The first-order valence-electron chi connectivity index (χ1n) is 7.78. The quantitative estimate of drug-likeness (QED) is 0.777. The Bertz CT molecular complexity index is 805. The van der Waals surface area contributed by atoms with Gasteiger partial charge in [-0.1, -0.05) is 6.07 Å². The number of phenolic OH excluding ortho intramolecular Hbond substituents is 1. The van der Waals surface area contributed by atoms with Gasteiger partial charge in [0.2, 0.25) is 5.91 Å². The van der Waals surface area contributed by atoms with E-state index >= 15 is 0 Å². The summed E-state index contributed by atoms with van der Waals surface area (Å²) in [6.45, 7) is 3.66. The third kappa shape index (κ3) is 2.75. The molecule has 2 atom stereocenters. The number of nitrogens with zero attached hydrogens (tertiary/aromatic N) is 2. The normalized spacial score (nSPS) is 25.4. The molecule has 130 valence electrons. The third-order valence-corrected chi connectivity index (χ3v) is 6.58. The number of carbonyl (C=O) groups is 2. The molecule has 2 amide bonds. The van der Waals surface area contributed by atoms with Gasteiger partial charge in [-0.25, -0.2) is 8.42 Å². The minimum atomic E-state index is -3.30. The first kappa shape index (κ1) is 16.8. The summed E-state index contributed by atoms with van der Waals surface area (Å²) in [6.07, 6.45) is 0. The van der Waals surface area contributed by atoms with Crippen molar-refractivity contribution in [3.8, 4) is 5.75 Å². The van der Waals surface area contributed by atoms with Crippen LogP contribution in [0.3, 0.4) is 0 Å². The van der Waals surface area contributed by atoms with Crippen LogP contribution in [-0.4, -0.2) is 71.8 Å². The molecule has 2 heterocycles. The minimum absolute atomic E-state index is 0.0267. The van der Waals surface area contributed by atoms with Gasteiger partial charge in [0.05, 0.1) is 23.6 Å². The van der Waals surface area contributed by atoms with Crippen LogP contribution in [0.1, 0.15) is 22.8 Å². The van der Waals surface area contributed by atoms with Crippen molar-refractivity contribution < 1.29 is 23.1 Å². The van der Waals surface area contributed by atoms with Crippen LogP contribution in [-0.2, 0) is 14.6 Å². The van der Waals surface area contributed by atoms with Crippen LogP contribution in [0.2, 0.25) is 0 Å². The van der Waals surface area contributed by atoms with Gasteiger partial charge in [0.25, 0.3) is 5.91 Å². The first-order chi connectivity index (χ1) is 11.2. The molecule has 0 aliphatic carbocycles. The van der Waals surface area contributed by atoms with Crippen molar-refractivity contribution in [3.05, 3.63) is 29.3 Å². The van der Waals surface area contributed by atoms with E-state index in [2.05, 4.69) is 0 Å². The first-order valence-corrected chi connectivity index (χ1v) is 9.60. The molecule has 0 unspecified atom stereocenters. The van der Waals surface area contributed by atoms with E-state index in [1.54, 1.807) is 24.0 Å². The Morgan fingerprint density at radius 2 is 1.71 bits per heavy atom. The van der Waals surface area contributed by atoms with Gasteiger partial charge >= 0.3 is 0 Å². The Morgan fingerprint density at radius 1 is 1.12 bits per heavy atom. The number of carbonyl (C=O) groups excluding carboxylic acids is 2. The molecule has 1 aromatic carbocycles. The van der Waals surface area contributed by atoms with Crippen molar-refractivity contribution in [2.24, 2.45) is 0 Å². The van der Waals surface area contributed by atoms with Gasteiger partial charge in [0.1, 0.15) is 5.75 Å². The highest BCUT2D eigenvalue weighted by atomic mass is 32.2. The number of hydrogen-bond acceptors (Lipinski definition) is 5. The smallest absolute Gasteiger partial charge is 0.254 e. The number of fused-ring (bicyclic) bond motifs is 1. The summed E-state index contributed by atoms with van der Waals surface area (Å²) in [6, 6.07) is 3.67. The van der Waals surface area contributed by atoms with E-state index in [0.717, 1.165) is 0 Å². The van der Waals surface area contributed by atoms with Crippen molar-refractivity contribution in [3.63, 3.8) is 0 Å². The summed E-state index contributed by atoms with van der Waals surface area (Å²) >= 11 is 0. The highest BCUT2D eigenvalue weighted by Gasteiger charge is 2.49. The van der Waals surface area contributed by atoms with E-state index in [-0.39, 0.29) is 35.6 Å². The Kier molecular flexibility index (Phi) is 4.03. The molecule has 1 N–H and O–H groups in total. The van der Waals surface area contributed by atoms with E-state index in [4.69, 9.17) is 0 Å². The molecule has 2 saturated heterocycles. The van der Waals surface area contributed by atoms with Crippen LogP contribution >= 0.6 is 0 Å². The third-order valence-electron chi connectivity index (χ3n) is 4.88. The van der Waals surface area contributed by atoms with E-state index in [1.165, 1.54) is 17.9 Å². The maximum Gasteiger partial charge on any atom is 0.254 e. The summed E-state index contributed by atoms with van der Waals surface area (Å²) in [4.78, 5) is 27.8. The second kappa shape index (κ2) is 5.77. The predicted molar refractivity (Wildman–Crippen MR) is 87.5 cm³/mol. The molecule has 0 bridgehead atoms. The predicted octanol–water partition coefficient (Wildman–Crippen LogP) is 0.171. The molecule has 0 radical (unpaired) electrons. The van der Waals surface area contributed by atoms with Gasteiger partial charge < -0.3 is 14.9 Å².